The zero-order chi connectivity index (χ0) is 21.2. The van der Waals surface area contributed by atoms with Crippen LogP contribution in [0.25, 0.3) is 0 Å². The first-order valence-electron chi connectivity index (χ1n) is 9.96. The van der Waals surface area contributed by atoms with Gasteiger partial charge < -0.3 is 15.0 Å². The summed E-state index contributed by atoms with van der Waals surface area (Å²) in [5.74, 6) is 0.274. The smallest absolute Gasteiger partial charge is 0.261 e. The van der Waals surface area contributed by atoms with Crippen LogP contribution in [0, 0.1) is 6.92 Å². The average molecular weight is 461 g/mol. The molecule has 0 saturated carbocycles. The molecule has 0 aliphatic carbocycles. The van der Waals surface area contributed by atoms with Crippen LogP contribution in [0.3, 0.4) is 0 Å². The lowest BCUT2D eigenvalue weighted by molar-refractivity contribution is -0.143. The summed E-state index contributed by atoms with van der Waals surface area (Å²) < 4.78 is 6.62. The number of nitrogens with zero attached hydrogens (tertiary/aromatic N) is 1. The Morgan fingerprint density at radius 1 is 1.10 bits per heavy atom. The van der Waals surface area contributed by atoms with E-state index in [1.165, 1.54) is 0 Å². The van der Waals surface area contributed by atoms with Crippen molar-refractivity contribution in [1.29, 1.82) is 0 Å². The molecule has 0 radical (unpaired) electrons. The minimum absolute atomic E-state index is 0.120. The zero-order valence-corrected chi connectivity index (χ0v) is 18.9. The molecule has 0 heterocycles. The molecule has 2 amide bonds. The molecule has 156 valence electrons. The van der Waals surface area contributed by atoms with E-state index in [-0.39, 0.29) is 18.4 Å². The highest BCUT2D eigenvalue weighted by Gasteiger charge is 2.29. The number of carbonyl (C=O) groups excluding carboxylic acids is 2. The molecule has 0 aromatic heterocycles. The molecule has 0 spiro atoms. The largest absolute Gasteiger partial charge is 0.484 e. The molecule has 1 N–H and O–H groups in total. The minimum Gasteiger partial charge on any atom is -0.484 e. The summed E-state index contributed by atoms with van der Waals surface area (Å²) in [6.07, 6.45) is 1.38. The van der Waals surface area contributed by atoms with Crippen LogP contribution in [0.1, 0.15) is 37.8 Å². The molecular weight excluding hydrogens is 432 g/mol. The number of hydrogen-bond acceptors (Lipinski definition) is 3. The second-order valence-electron chi connectivity index (χ2n) is 6.91. The molecule has 0 saturated heterocycles. The predicted molar refractivity (Wildman–Crippen MR) is 119 cm³/mol. The predicted octanol–water partition coefficient (Wildman–Crippen LogP) is 4.47. The van der Waals surface area contributed by atoms with Gasteiger partial charge in [-0.3, -0.25) is 9.59 Å². The highest BCUT2D eigenvalue weighted by molar-refractivity contribution is 9.10. The zero-order valence-electron chi connectivity index (χ0n) is 17.3. The first-order chi connectivity index (χ1) is 14.0. The van der Waals surface area contributed by atoms with E-state index in [0.717, 1.165) is 22.0 Å². The summed E-state index contributed by atoms with van der Waals surface area (Å²) in [5.41, 5.74) is 2.11. The van der Waals surface area contributed by atoms with Gasteiger partial charge in [0.05, 0.1) is 0 Å². The summed E-state index contributed by atoms with van der Waals surface area (Å²) in [4.78, 5) is 27.4. The number of rotatable bonds is 10. The summed E-state index contributed by atoms with van der Waals surface area (Å²) >= 11 is 3.38. The van der Waals surface area contributed by atoms with Gasteiger partial charge in [-0.05, 0) is 55.2 Å². The maximum atomic E-state index is 13.1. The Balaban J connectivity index is 2.19. The highest BCUT2D eigenvalue weighted by Crippen LogP contribution is 2.18. The van der Waals surface area contributed by atoms with E-state index in [4.69, 9.17) is 4.74 Å². The van der Waals surface area contributed by atoms with E-state index in [0.29, 0.717) is 25.3 Å². The Morgan fingerprint density at radius 2 is 1.79 bits per heavy atom. The van der Waals surface area contributed by atoms with Crippen LogP contribution in [0.15, 0.2) is 53.0 Å². The first kappa shape index (κ1) is 22.9. The lowest BCUT2D eigenvalue weighted by Crippen LogP contribution is -2.50. The van der Waals surface area contributed by atoms with Gasteiger partial charge in [0.25, 0.3) is 5.91 Å². The Hall–Kier alpha value is -2.34. The molecule has 1 atom stereocenters. The fraction of sp³-hybridized carbons (Fsp3) is 0.391. The molecule has 6 heteroatoms. The molecule has 29 heavy (non-hydrogen) atoms. The molecular formula is C23H29BrN2O3. The molecule has 2 aromatic carbocycles. The second-order valence-corrected chi connectivity index (χ2v) is 7.82. The fourth-order valence-corrected chi connectivity index (χ4v) is 3.28. The average Bonchev–Trinajstić information content (AvgIpc) is 2.72. The minimum atomic E-state index is -0.540. The monoisotopic (exact) mass is 460 g/mol. The van der Waals surface area contributed by atoms with Gasteiger partial charge in [0.1, 0.15) is 11.8 Å². The van der Waals surface area contributed by atoms with Gasteiger partial charge in [-0.2, -0.15) is 0 Å². The van der Waals surface area contributed by atoms with Gasteiger partial charge in [-0.25, -0.2) is 0 Å². The Labute approximate surface area is 181 Å². The number of carbonyl (C=O) groups is 2. The normalized spacial score (nSPS) is 11.6. The fourth-order valence-electron chi connectivity index (χ4n) is 3.02. The molecule has 2 aromatic rings. The summed E-state index contributed by atoms with van der Waals surface area (Å²) in [5, 5.41) is 2.92. The number of aryl methyl sites for hydroxylation is 1. The van der Waals surface area contributed by atoms with Crippen LogP contribution >= 0.6 is 15.9 Å². The maximum Gasteiger partial charge on any atom is 0.261 e. The molecule has 0 fully saturated rings. The van der Waals surface area contributed by atoms with Crippen molar-refractivity contribution in [2.24, 2.45) is 0 Å². The van der Waals surface area contributed by atoms with Gasteiger partial charge in [-0.1, -0.05) is 54.0 Å². The first-order valence-corrected chi connectivity index (χ1v) is 10.8. The molecule has 0 aliphatic heterocycles. The lowest BCUT2D eigenvalue weighted by Gasteiger charge is -2.31. The van der Waals surface area contributed by atoms with E-state index in [9.17, 15) is 9.59 Å². The number of ether oxygens (including phenoxy) is 1. The molecule has 0 aliphatic rings. The van der Waals surface area contributed by atoms with Gasteiger partial charge in [0.2, 0.25) is 5.91 Å². The summed E-state index contributed by atoms with van der Waals surface area (Å²) in [6, 6.07) is 14.7. The van der Waals surface area contributed by atoms with Crippen LogP contribution in [-0.4, -0.2) is 35.9 Å². The van der Waals surface area contributed by atoms with E-state index in [1.807, 2.05) is 57.2 Å². The van der Waals surface area contributed by atoms with E-state index in [2.05, 4.69) is 21.2 Å². The lowest BCUT2D eigenvalue weighted by atomic mass is 10.1. The Bertz CT molecular complexity index is 808. The number of nitrogens with one attached hydrogen (secondary N) is 1. The van der Waals surface area contributed by atoms with E-state index < -0.39 is 6.04 Å². The van der Waals surface area contributed by atoms with Crippen LogP contribution in [0.2, 0.25) is 0 Å². The van der Waals surface area contributed by atoms with Crippen molar-refractivity contribution in [2.45, 2.75) is 46.2 Å². The van der Waals surface area contributed by atoms with Crippen molar-refractivity contribution >= 4 is 27.7 Å². The number of halogens is 1. The number of amides is 2. The molecule has 0 bridgehead atoms. The molecule has 1 unspecified atom stereocenters. The maximum absolute atomic E-state index is 13.1. The third-order valence-electron chi connectivity index (χ3n) is 4.71. The van der Waals surface area contributed by atoms with Crippen LogP contribution in [-0.2, 0) is 16.1 Å². The van der Waals surface area contributed by atoms with Crippen LogP contribution < -0.4 is 10.1 Å². The van der Waals surface area contributed by atoms with Crippen molar-refractivity contribution in [3.05, 3.63) is 64.1 Å². The van der Waals surface area contributed by atoms with Crippen molar-refractivity contribution in [2.75, 3.05) is 13.2 Å². The quantitative estimate of drug-likeness (QED) is 0.568. The number of hydrogen-bond donors (Lipinski definition) is 1. The second kappa shape index (κ2) is 11.6. The Kier molecular flexibility index (Phi) is 9.19. The van der Waals surface area contributed by atoms with Crippen molar-refractivity contribution in [1.82, 2.24) is 10.2 Å². The standard InChI is InChI=1S/C23H29BrN2O3/c1-4-14-25-23(28)21(5-2)26(15-18-9-7-6-8-17(18)3)22(27)16-29-20-12-10-19(24)11-13-20/h6-13,21H,4-5,14-16H2,1-3H3,(H,25,28). The van der Waals surface area contributed by atoms with Gasteiger partial charge in [0.15, 0.2) is 6.61 Å². The topological polar surface area (TPSA) is 58.6 Å². The van der Waals surface area contributed by atoms with E-state index >= 15 is 0 Å². The van der Waals surface area contributed by atoms with Crippen molar-refractivity contribution in [3.63, 3.8) is 0 Å². The third-order valence-corrected chi connectivity index (χ3v) is 5.24. The van der Waals surface area contributed by atoms with Gasteiger partial charge in [-0.15, -0.1) is 0 Å². The molecule has 5 nitrogen and oxygen atoms in total. The van der Waals surface area contributed by atoms with Gasteiger partial charge >= 0.3 is 0 Å². The summed E-state index contributed by atoms with van der Waals surface area (Å²) in [7, 11) is 0. The molecule has 2 rings (SSSR count). The van der Waals surface area contributed by atoms with Crippen LogP contribution in [0.4, 0.5) is 0 Å². The highest BCUT2D eigenvalue weighted by atomic mass is 79.9. The van der Waals surface area contributed by atoms with Gasteiger partial charge in [0, 0.05) is 17.6 Å². The summed E-state index contributed by atoms with van der Waals surface area (Å²) in [6.45, 7) is 6.78. The van der Waals surface area contributed by atoms with Crippen LogP contribution in [0.5, 0.6) is 5.75 Å². The number of benzene rings is 2. The van der Waals surface area contributed by atoms with E-state index in [1.54, 1.807) is 17.0 Å². The SMILES string of the molecule is CCCNC(=O)C(CC)N(Cc1ccccc1C)C(=O)COc1ccc(Br)cc1. The Morgan fingerprint density at radius 3 is 2.41 bits per heavy atom. The van der Waals surface area contributed by atoms with Crippen molar-refractivity contribution < 1.29 is 14.3 Å². The third kappa shape index (κ3) is 6.89. The van der Waals surface area contributed by atoms with Crippen molar-refractivity contribution in [3.8, 4) is 5.75 Å².